The molecule has 0 saturated carbocycles. The zero-order chi connectivity index (χ0) is 12.3. The van der Waals surface area contributed by atoms with Crippen LogP contribution in [0.25, 0.3) is 0 Å². The fraction of sp³-hybridized carbons (Fsp3) is 0.700. The minimum atomic E-state index is -0.458. The van der Waals surface area contributed by atoms with Crippen molar-refractivity contribution >= 4 is 17.7 Å². The summed E-state index contributed by atoms with van der Waals surface area (Å²) in [4.78, 5) is 34.8. The van der Waals surface area contributed by atoms with Crippen LogP contribution in [0.5, 0.6) is 0 Å². The Morgan fingerprint density at radius 3 is 2.25 bits per heavy atom. The van der Waals surface area contributed by atoms with E-state index in [1.54, 1.807) is 0 Å². The van der Waals surface area contributed by atoms with Gasteiger partial charge in [-0.05, 0) is 20.8 Å². The predicted octanol–water partition coefficient (Wildman–Crippen LogP) is -0.713. The van der Waals surface area contributed by atoms with Crippen LogP contribution in [0, 0.1) is 0 Å². The van der Waals surface area contributed by atoms with E-state index in [0.717, 1.165) is 0 Å². The minimum Gasteiger partial charge on any atom is -0.366 e. The Balaban J connectivity index is 2.48. The summed E-state index contributed by atoms with van der Waals surface area (Å²) in [6, 6.07) is 0. The van der Waals surface area contributed by atoms with E-state index in [1.165, 1.54) is 4.90 Å². The standard InChI is InChI=1S/C10H16N2O4/c1-10(2,3)16-6-9(15)12-4-7(13)11-8(14)5-12/h4-6H2,1-3H3,(H,11,13,14). The molecule has 0 aromatic carbocycles. The number of carbonyl (C=O) groups is 3. The number of amides is 3. The Morgan fingerprint density at radius 1 is 1.31 bits per heavy atom. The van der Waals surface area contributed by atoms with Crippen LogP contribution in [0.15, 0.2) is 0 Å². The normalized spacial score (nSPS) is 17.3. The highest BCUT2D eigenvalue weighted by Crippen LogP contribution is 2.07. The largest absolute Gasteiger partial charge is 0.366 e. The number of hydrogen-bond acceptors (Lipinski definition) is 4. The van der Waals surface area contributed by atoms with E-state index < -0.39 is 17.4 Å². The van der Waals surface area contributed by atoms with E-state index >= 15 is 0 Å². The maximum atomic E-state index is 11.6. The van der Waals surface area contributed by atoms with Gasteiger partial charge in [-0.15, -0.1) is 0 Å². The molecule has 3 amide bonds. The van der Waals surface area contributed by atoms with Crippen molar-refractivity contribution in [2.24, 2.45) is 0 Å². The highest BCUT2D eigenvalue weighted by atomic mass is 16.5. The SMILES string of the molecule is CC(C)(C)OCC(=O)N1CC(=O)NC(=O)C1. The summed E-state index contributed by atoms with van der Waals surface area (Å²) in [7, 11) is 0. The molecule has 1 rings (SSSR count). The van der Waals surface area contributed by atoms with E-state index in [2.05, 4.69) is 5.32 Å². The van der Waals surface area contributed by atoms with Gasteiger partial charge in [0.1, 0.15) is 19.7 Å². The third-order valence-electron chi connectivity index (χ3n) is 1.93. The molecule has 90 valence electrons. The Morgan fingerprint density at radius 2 is 1.81 bits per heavy atom. The van der Waals surface area contributed by atoms with E-state index in [0.29, 0.717) is 0 Å². The van der Waals surface area contributed by atoms with Crippen molar-refractivity contribution in [3.63, 3.8) is 0 Å². The first-order valence-corrected chi connectivity index (χ1v) is 5.02. The highest BCUT2D eigenvalue weighted by Gasteiger charge is 2.27. The number of nitrogens with zero attached hydrogens (tertiary/aromatic N) is 1. The van der Waals surface area contributed by atoms with Crippen molar-refractivity contribution in [3.05, 3.63) is 0 Å². The van der Waals surface area contributed by atoms with Gasteiger partial charge >= 0.3 is 0 Å². The minimum absolute atomic E-state index is 0.0852. The topological polar surface area (TPSA) is 75.7 Å². The fourth-order valence-corrected chi connectivity index (χ4v) is 1.18. The number of piperazine rings is 1. The number of nitrogens with one attached hydrogen (secondary N) is 1. The first kappa shape index (κ1) is 12.6. The summed E-state index contributed by atoms with van der Waals surface area (Å²) in [5, 5.41) is 2.12. The van der Waals surface area contributed by atoms with Crippen LogP contribution in [0.3, 0.4) is 0 Å². The summed E-state index contributed by atoms with van der Waals surface area (Å²) in [6.07, 6.45) is 0. The molecule has 1 saturated heterocycles. The predicted molar refractivity (Wildman–Crippen MR) is 55.4 cm³/mol. The number of imide groups is 1. The highest BCUT2D eigenvalue weighted by molar-refractivity contribution is 6.02. The Kier molecular flexibility index (Phi) is 3.64. The average Bonchev–Trinajstić information content (AvgIpc) is 2.11. The van der Waals surface area contributed by atoms with Gasteiger partial charge in [-0.25, -0.2) is 0 Å². The van der Waals surface area contributed by atoms with E-state index in [4.69, 9.17) is 4.74 Å². The molecule has 0 aromatic heterocycles. The molecule has 0 atom stereocenters. The van der Waals surface area contributed by atoms with Crippen molar-refractivity contribution < 1.29 is 19.1 Å². The average molecular weight is 228 g/mol. The van der Waals surface area contributed by atoms with Crippen LogP contribution in [0.1, 0.15) is 20.8 Å². The summed E-state index contributed by atoms with van der Waals surface area (Å²) in [6.45, 7) is 5.19. The third kappa shape index (κ3) is 3.98. The Labute approximate surface area is 93.9 Å². The maximum Gasteiger partial charge on any atom is 0.249 e. The summed E-state index contributed by atoms with van der Waals surface area (Å²) < 4.78 is 5.28. The summed E-state index contributed by atoms with van der Waals surface area (Å²) >= 11 is 0. The molecule has 0 radical (unpaired) electrons. The molecule has 0 spiro atoms. The van der Waals surface area contributed by atoms with Gasteiger partial charge in [-0.2, -0.15) is 0 Å². The molecule has 16 heavy (non-hydrogen) atoms. The number of hydrogen-bond donors (Lipinski definition) is 1. The van der Waals surface area contributed by atoms with Crippen molar-refractivity contribution in [1.82, 2.24) is 10.2 Å². The molecular formula is C10H16N2O4. The van der Waals surface area contributed by atoms with E-state index in [9.17, 15) is 14.4 Å². The molecule has 0 bridgehead atoms. The molecule has 1 heterocycles. The van der Waals surface area contributed by atoms with Gasteiger partial charge in [-0.3, -0.25) is 19.7 Å². The van der Waals surface area contributed by atoms with Crippen molar-refractivity contribution in [3.8, 4) is 0 Å². The van der Waals surface area contributed by atoms with Gasteiger partial charge in [0.15, 0.2) is 0 Å². The lowest BCUT2D eigenvalue weighted by Crippen LogP contribution is -2.54. The van der Waals surface area contributed by atoms with Crippen LogP contribution in [-0.4, -0.2) is 47.9 Å². The van der Waals surface area contributed by atoms with Crippen molar-refractivity contribution in [1.29, 1.82) is 0 Å². The van der Waals surface area contributed by atoms with Crippen LogP contribution < -0.4 is 5.32 Å². The van der Waals surface area contributed by atoms with E-state index in [-0.39, 0.29) is 25.6 Å². The monoisotopic (exact) mass is 228 g/mol. The fourth-order valence-electron chi connectivity index (χ4n) is 1.18. The van der Waals surface area contributed by atoms with Gasteiger partial charge in [0, 0.05) is 0 Å². The van der Waals surface area contributed by atoms with Gasteiger partial charge in [-0.1, -0.05) is 0 Å². The molecule has 0 aliphatic carbocycles. The maximum absolute atomic E-state index is 11.6. The zero-order valence-corrected chi connectivity index (χ0v) is 9.70. The molecule has 0 aromatic rings. The molecule has 0 unspecified atom stereocenters. The number of ether oxygens (including phenoxy) is 1. The molecule has 1 N–H and O–H groups in total. The number of rotatable bonds is 2. The van der Waals surface area contributed by atoms with Crippen LogP contribution in [-0.2, 0) is 19.1 Å². The summed E-state index contributed by atoms with van der Waals surface area (Å²) in [5.41, 5.74) is -0.419. The summed E-state index contributed by atoms with van der Waals surface area (Å²) in [5.74, 6) is -1.26. The third-order valence-corrected chi connectivity index (χ3v) is 1.93. The molecule has 6 heteroatoms. The first-order valence-electron chi connectivity index (χ1n) is 5.02. The smallest absolute Gasteiger partial charge is 0.249 e. The first-order chi connectivity index (χ1) is 7.28. The zero-order valence-electron chi connectivity index (χ0n) is 9.70. The van der Waals surface area contributed by atoms with Crippen LogP contribution >= 0.6 is 0 Å². The van der Waals surface area contributed by atoms with Gasteiger partial charge in [0.05, 0.1) is 5.60 Å². The molecule has 1 aliphatic rings. The quantitative estimate of drug-likeness (QED) is 0.633. The van der Waals surface area contributed by atoms with Gasteiger partial charge < -0.3 is 9.64 Å². The van der Waals surface area contributed by atoms with Gasteiger partial charge in [0.2, 0.25) is 17.7 Å². The lowest BCUT2D eigenvalue weighted by molar-refractivity contribution is -0.150. The van der Waals surface area contributed by atoms with Gasteiger partial charge in [0.25, 0.3) is 0 Å². The van der Waals surface area contributed by atoms with Crippen LogP contribution in [0.2, 0.25) is 0 Å². The Hall–Kier alpha value is -1.43. The van der Waals surface area contributed by atoms with E-state index in [1.807, 2.05) is 20.8 Å². The second-order valence-electron chi connectivity index (χ2n) is 4.62. The lowest BCUT2D eigenvalue weighted by atomic mass is 10.2. The van der Waals surface area contributed by atoms with Crippen LogP contribution in [0.4, 0.5) is 0 Å². The number of carbonyl (C=O) groups excluding carboxylic acids is 3. The Bertz CT molecular complexity index is 303. The lowest BCUT2D eigenvalue weighted by Gasteiger charge is -2.27. The second-order valence-corrected chi connectivity index (χ2v) is 4.62. The van der Waals surface area contributed by atoms with Crippen molar-refractivity contribution in [2.45, 2.75) is 26.4 Å². The molecule has 1 fully saturated rings. The molecule has 6 nitrogen and oxygen atoms in total. The molecular weight excluding hydrogens is 212 g/mol. The molecule has 1 aliphatic heterocycles. The second kappa shape index (κ2) is 4.61. The van der Waals surface area contributed by atoms with Crippen molar-refractivity contribution in [2.75, 3.05) is 19.7 Å².